The molecular formula is C10H9BrClN3. The quantitative estimate of drug-likeness (QED) is 0.872. The fraction of sp³-hybridized carbons (Fsp3) is 0.300. The van der Waals surface area contributed by atoms with Crippen molar-refractivity contribution in [2.45, 2.75) is 5.92 Å². The topological polar surface area (TPSA) is 29.3 Å². The van der Waals surface area contributed by atoms with Crippen molar-refractivity contribution < 1.29 is 0 Å². The lowest BCUT2D eigenvalue weighted by atomic mass is 10.0. The summed E-state index contributed by atoms with van der Waals surface area (Å²) in [6.45, 7) is 2.02. The molecule has 0 aromatic carbocycles. The molecule has 0 atom stereocenters. The lowest BCUT2D eigenvalue weighted by Crippen LogP contribution is -2.40. The third kappa shape index (κ3) is 1.48. The predicted octanol–water partition coefficient (Wildman–Crippen LogP) is 2.44. The zero-order valence-corrected chi connectivity index (χ0v) is 10.2. The number of pyridine rings is 1. The SMILES string of the molecule is Clc1ccn2c(C3CNC3)nc(Br)c2c1. The summed E-state index contributed by atoms with van der Waals surface area (Å²) in [6, 6.07) is 3.81. The average Bonchev–Trinajstić information content (AvgIpc) is 2.41. The van der Waals surface area contributed by atoms with Crippen LogP contribution in [-0.4, -0.2) is 22.5 Å². The normalized spacial score (nSPS) is 16.9. The van der Waals surface area contributed by atoms with Crippen LogP contribution < -0.4 is 5.32 Å². The second kappa shape index (κ2) is 3.47. The van der Waals surface area contributed by atoms with Crippen molar-refractivity contribution in [3.05, 3.63) is 33.8 Å². The predicted molar refractivity (Wildman–Crippen MR) is 63.5 cm³/mol. The standard InChI is InChI=1S/C10H9BrClN3/c11-9-8-3-7(12)1-2-15(8)10(14-9)6-4-13-5-6/h1-3,6,13H,4-5H2. The highest BCUT2D eigenvalue weighted by atomic mass is 79.9. The summed E-state index contributed by atoms with van der Waals surface area (Å²) < 4.78 is 2.97. The number of hydrogen-bond donors (Lipinski definition) is 1. The molecule has 2 aromatic heterocycles. The maximum absolute atomic E-state index is 5.95. The second-order valence-electron chi connectivity index (χ2n) is 3.72. The first-order valence-corrected chi connectivity index (χ1v) is 5.96. The van der Waals surface area contributed by atoms with Crippen LogP contribution in [0.3, 0.4) is 0 Å². The minimum Gasteiger partial charge on any atom is -0.315 e. The number of aromatic nitrogens is 2. The van der Waals surface area contributed by atoms with Gasteiger partial charge >= 0.3 is 0 Å². The molecule has 0 spiro atoms. The molecule has 0 aliphatic carbocycles. The molecule has 3 heterocycles. The first-order chi connectivity index (χ1) is 7.25. The minimum atomic E-state index is 0.518. The van der Waals surface area contributed by atoms with Gasteiger partial charge in [0.2, 0.25) is 0 Å². The molecule has 0 amide bonds. The van der Waals surface area contributed by atoms with Crippen LogP contribution in [0, 0.1) is 0 Å². The van der Waals surface area contributed by atoms with E-state index >= 15 is 0 Å². The Hall–Kier alpha value is -0.580. The maximum atomic E-state index is 5.95. The number of fused-ring (bicyclic) bond motifs is 1. The minimum absolute atomic E-state index is 0.518. The number of rotatable bonds is 1. The number of nitrogens with zero attached hydrogens (tertiary/aromatic N) is 2. The van der Waals surface area contributed by atoms with Crippen molar-refractivity contribution in [1.29, 1.82) is 0 Å². The van der Waals surface area contributed by atoms with Gasteiger partial charge in [0, 0.05) is 30.2 Å². The van der Waals surface area contributed by atoms with Gasteiger partial charge in [-0.1, -0.05) is 11.6 Å². The zero-order chi connectivity index (χ0) is 10.4. The van der Waals surface area contributed by atoms with Crippen molar-refractivity contribution in [2.75, 3.05) is 13.1 Å². The molecule has 0 bridgehead atoms. The van der Waals surface area contributed by atoms with Crippen LogP contribution in [0.2, 0.25) is 5.02 Å². The monoisotopic (exact) mass is 285 g/mol. The molecule has 0 saturated carbocycles. The molecule has 1 fully saturated rings. The molecular weight excluding hydrogens is 277 g/mol. The average molecular weight is 287 g/mol. The van der Waals surface area contributed by atoms with E-state index in [2.05, 4.69) is 30.6 Å². The van der Waals surface area contributed by atoms with Gasteiger partial charge in [0.05, 0.1) is 5.52 Å². The van der Waals surface area contributed by atoms with Crippen LogP contribution in [0.5, 0.6) is 0 Å². The molecule has 0 radical (unpaired) electrons. The van der Waals surface area contributed by atoms with Crippen molar-refractivity contribution in [3.8, 4) is 0 Å². The molecule has 2 aromatic rings. The Morgan fingerprint density at radius 3 is 3.00 bits per heavy atom. The Bertz CT molecular complexity index is 519. The van der Waals surface area contributed by atoms with E-state index in [0.29, 0.717) is 5.92 Å². The third-order valence-corrected chi connectivity index (χ3v) is 3.55. The van der Waals surface area contributed by atoms with E-state index in [4.69, 9.17) is 11.6 Å². The van der Waals surface area contributed by atoms with Gasteiger partial charge < -0.3 is 9.72 Å². The first-order valence-electron chi connectivity index (χ1n) is 4.79. The number of halogens is 2. The van der Waals surface area contributed by atoms with Crippen LogP contribution in [0.1, 0.15) is 11.7 Å². The van der Waals surface area contributed by atoms with Crippen LogP contribution in [0.4, 0.5) is 0 Å². The van der Waals surface area contributed by atoms with E-state index in [9.17, 15) is 0 Å². The van der Waals surface area contributed by atoms with E-state index in [1.165, 1.54) is 0 Å². The first kappa shape index (κ1) is 9.63. The molecule has 3 rings (SSSR count). The van der Waals surface area contributed by atoms with Crippen molar-refractivity contribution in [3.63, 3.8) is 0 Å². The van der Waals surface area contributed by atoms with Crippen LogP contribution >= 0.6 is 27.5 Å². The van der Waals surface area contributed by atoms with Crippen molar-refractivity contribution in [1.82, 2.24) is 14.7 Å². The van der Waals surface area contributed by atoms with E-state index in [1.807, 2.05) is 18.3 Å². The fourth-order valence-corrected chi connectivity index (χ4v) is 2.45. The van der Waals surface area contributed by atoms with Gasteiger partial charge in [0.15, 0.2) is 0 Å². The molecule has 0 unspecified atom stereocenters. The molecule has 3 nitrogen and oxygen atoms in total. The highest BCUT2D eigenvalue weighted by Crippen LogP contribution is 2.27. The summed E-state index contributed by atoms with van der Waals surface area (Å²) in [6.07, 6.45) is 1.98. The van der Waals surface area contributed by atoms with Crippen LogP contribution in [0.15, 0.2) is 22.9 Å². The molecule has 1 aliphatic heterocycles. The summed E-state index contributed by atoms with van der Waals surface area (Å²) >= 11 is 9.42. The summed E-state index contributed by atoms with van der Waals surface area (Å²) in [7, 11) is 0. The smallest absolute Gasteiger partial charge is 0.132 e. The van der Waals surface area contributed by atoms with Crippen LogP contribution in [0.25, 0.3) is 5.52 Å². The van der Waals surface area contributed by atoms with Gasteiger partial charge in [-0.2, -0.15) is 0 Å². The molecule has 1 N–H and O–H groups in total. The van der Waals surface area contributed by atoms with Gasteiger partial charge in [-0.15, -0.1) is 0 Å². The van der Waals surface area contributed by atoms with Crippen molar-refractivity contribution >= 4 is 33.0 Å². The Labute approximate surface area is 101 Å². The number of nitrogens with one attached hydrogen (secondary N) is 1. The summed E-state index contributed by atoms with van der Waals surface area (Å²) in [5.74, 6) is 1.62. The fourth-order valence-electron chi connectivity index (χ4n) is 1.80. The molecule has 5 heteroatoms. The summed E-state index contributed by atoms with van der Waals surface area (Å²) in [4.78, 5) is 4.53. The Kier molecular flexibility index (Phi) is 2.23. The highest BCUT2D eigenvalue weighted by molar-refractivity contribution is 9.10. The number of hydrogen-bond acceptors (Lipinski definition) is 2. The number of imidazole rings is 1. The zero-order valence-electron chi connectivity index (χ0n) is 7.87. The van der Waals surface area contributed by atoms with E-state index in [-0.39, 0.29) is 0 Å². The second-order valence-corrected chi connectivity index (χ2v) is 4.90. The van der Waals surface area contributed by atoms with Gasteiger partial charge in [0.25, 0.3) is 0 Å². The Balaban J connectivity index is 2.22. The third-order valence-electron chi connectivity index (χ3n) is 2.73. The van der Waals surface area contributed by atoms with Gasteiger partial charge in [0.1, 0.15) is 10.4 Å². The Morgan fingerprint density at radius 1 is 1.53 bits per heavy atom. The summed E-state index contributed by atoms with van der Waals surface area (Å²) in [5.41, 5.74) is 1.03. The lowest BCUT2D eigenvalue weighted by Gasteiger charge is -2.25. The van der Waals surface area contributed by atoms with E-state index in [0.717, 1.165) is 34.1 Å². The van der Waals surface area contributed by atoms with Gasteiger partial charge in [-0.25, -0.2) is 4.98 Å². The van der Waals surface area contributed by atoms with E-state index < -0.39 is 0 Å². The highest BCUT2D eigenvalue weighted by Gasteiger charge is 2.24. The molecule has 1 saturated heterocycles. The van der Waals surface area contributed by atoms with Gasteiger partial charge in [-0.3, -0.25) is 0 Å². The van der Waals surface area contributed by atoms with Crippen LogP contribution in [-0.2, 0) is 0 Å². The Morgan fingerprint density at radius 2 is 2.33 bits per heavy atom. The molecule has 15 heavy (non-hydrogen) atoms. The largest absolute Gasteiger partial charge is 0.315 e. The van der Waals surface area contributed by atoms with E-state index in [1.54, 1.807) is 0 Å². The lowest BCUT2D eigenvalue weighted by molar-refractivity contribution is 0.429. The molecule has 78 valence electrons. The molecule has 1 aliphatic rings. The summed E-state index contributed by atoms with van der Waals surface area (Å²) in [5, 5.41) is 3.99. The van der Waals surface area contributed by atoms with Crippen molar-refractivity contribution in [2.24, 2.45) is 0 Å². The van der Waals surface area contributed by atoms with Gasteiger partial charge in [-0.05, 0) is 28.1 Å². The maximum Gasteiger partial charge on any atom is 0.132 e.